The Kier molecular flexibility index (Phi) is 3.33. The van der Waals surface area contributed by atoms with Crippen LogP contribution in [0.15, 0.2) is 23.1 Å². The van der Waals surface area contributed by atoms with Gasteiger partial charge in [-0.1, -0.05) is 0 Å². The second-order valence-electron chi connectivity index (χ2n) is 2.87. The van der Waals surface area contributed by atoms with Crippen LogP contribution >= 0.6 is 0 Å². The van der Waals surface area contributed by atoms with E-state index in [-0.39, 0.29) is 5.69 Å². The number of carbonyl (C=O) groups excluding carboxylic acids is 1. The van der Waals surface area contributed by atoms with E-state index in [1.54, 1.807) is 4.72 Å². The fraction of sp³-hybridized carbons (Fsp3) is 0.125. The molecule has 0 aliphatic carbocycles. The molecule has 0 unspecified atom stereocenters. The number of nitrogen functional groups attached to an aromatic ring is 1. The van der Waals surface area contributed by atoms with E-state index < -0.39 is 26.8 Å². The monoisotopic (exact) mass is 247 g/mol. The van der Waals surface area contributed by atoms with Gasteiger partial charge in [0.2, 0.25) is 0 Å². The molecule has 0 aliphatic heterocycles. The summed E-state index contributed by atoms with van der Waals surface area (Å²) in [7, 11) is -2.97. The van der Waals surface area contributed by atoms with Gasteiger partial charge in [0.05, 0.1) is 0 Å². The zero-order valence-electron chi connectivity index (χ0n) is 8.32. The van der Waals surface area contributed by atoms with Crippen molar-refractivity contribution in [2.45, 2.75) is 4.90 Å². The predicted octanol–water partition coefficient (Wildman–Crippen LogP) is 0.0256. The van der Waals surface area contributed by atoms with E-state index in [2.05, 4.69) is 0 Å². The third kappa shape index (κ3) is 2.60. The number of hydrogen-bond acceptors (Lipinski definition) is 4. The van der Waals surface area contributed by atoms with Gasteiger partial charge in [-0.15, -0.1) is 0 Å². The first-order valence-corrected chi connectivity index (χ1v) is 5.64. The molecule has 0 spiro atoms. The molecule has 0 atom stereocenters. The number of benzene rings is 1. The van der Waals surface area contributed by atoms with E-state index in [4.69, 9.17) is 5.73 Å². The molecule has 88 valence electrons. The van der Waals surface area contributed by atoms with Crippen molar-refractivity contribution in [3.63, 3.8) is 0 Å². The van der Waals surface area contributed by atoms with E-state index in [9.17, 15) is 17.6 Å². The van der Waals surface area contributed by atoms with E-state index in [0.717, 1.165) is 12.1 Å². The zero-order chi connectivity index (χ0) is 12.3. The summed E-state index contributed by atoms with van der Waals surface area (Å²) in [6, 6.07) is 2.12. The minimum atomic E-state index is -4.21. The first kappa shape index (κ1) is 12.2. The lowest BCUT2D eigenvalue weighted by Crippen LogP contribution is -2.37. The Balaban J connectivity index is 3.13. The van der Waals surface area contributed by atoms with Gasteiger partial charge in [-0.3, -0.25) is 0 Å². The summed E-state index contributed by atoms with van der Waals surface area (Å²) in [6.45, 7) is 0. The Labute approximate surface area is 91.7 Å². The maximum absolute atomic E-state index is 13.3. The van der Waals surface area contributed by atoms with Crippen molar-refractivity contribution in [1.29, 1.82) is 0 Å². The summed E-state index contributed by atoms with van der Waals surface area (Å²) in [5.41, 5.74) is 5.36. The van der Waals surface area contributed by atoms with E-state index >= 15 is 0 Å². The summed E-state index contributed by atoms with van der Waals surface area (Å²) >= 11 is 0. The van der Waals surface area contributed by atoms with Crippen LogP contribution in [0.1, 0.15) is 0 Å². The van der Waals surface area contributed by atoms with Crippen molar-refractivity contribution >= 4 is 21.7 Å². The first-order valence-electron chi connectivity index (χ1n) is 4.16. The Morgan fingerprint density at radius 1 is 1.44 bits per heavy atom. The molecule has 0 bridgehead atoms. The van der Waals surface area contributed by atoms with Crippen molar-refractivity contribution in [3.05, 3.63) is 24.0 Å². The highest BCUT2D eigenvalue weighted by atomic mass is 32.2. The van der Waals surface area contributed by atoms with Crippen molar-refractivity contribution in [3.8, 4) is 0 Å². The minimum absolute atomic E-state index is 0.0939. The van der Waals surface area contributed by atoms with Crippen molar-refractivity contribution in [1.82, 2.24) is 10.0 Å². The molecule has 0 radical (unpaired) electrons. The average molecular weight is 247 g/mol. The Morgan fingerprint density at radius 3 is 2.56 bits per heavy atom. The standard InChI is InChI=1S/C8H10FN3O3S/c1-11-8(13)12-16(14,15)7-3-2-5(10)4-6(7)9/h2-4H,10H2,1H3,(H2,11,12,13). The van der Waals surface area contributed by atoms with Gasteiger partial charge in [-0.05, 0) is 18.2 Å². The van der Waals surface area contributed by atoms with Gasteiger partial charge < -0.3 is 11.1 Å². The lowest BCUT2D eigenvalue weighted by molar-refractivity contribution is 0.247. The number of sulfonamides is 1. The lowest BCUT2D eigenvalue weighted by Gasteiger charge is -2.07. The largest absolute Gasteiger partial charge is 0.399 e. The number of anilines is 1. The summed E-state index contributed by atoms with van der Waals surface area (Å²) in [5, 5.41) is 2.05. The van der Waals surface area contributed by atoms with Gasteiger partial charge in [0.1, 0.15) is 10.7 Å². The topological polar surface area (TPSA) is 101 Å². The molecule has 2 amide bonds. The van der Waals surface area contributed by atoms with Crippen LogP contribution in [-0.2, 0) is 10.0 Å². The molecule has 1 aromatic carbocycles. The van der Waals surface area contributed by atoms with Crippen LogP contribution in [0, 0.1) is 5.82 Å². The molecular formula is C8H10FN3O3S. The molecule has 6 nitrogen and oxygen atoms in total. The maximum Gasteiger partial charge on any atom is 0.328 e. The number of carbonyl (C=O) groups is 1. The van der Waals surface area contributed by atoms with E-state index in [1.165, 1.54) is 13.1 Å². The summed E-state index contributed by atoms with van der Waals surface area (Å²) in [4.78, 5) is 10.2. The SMILES string of the molecule is CNC(=O)NS(=O)(=O)c1ccc(N)cc1F. The third-order valence-corrected chi connectivity index (χ3v) is 3.06. The number of nitrogens with two attached hydrogens (primary N) is 1. The smallest absolute Gasteiger partial charge is 0.328 e. The second kappa shape index (κ2) is 4.35. The van der Waals surface area contributed by atoms with Gasteiger partial charge in [0.15, 0.2) is 0 Å². The molecular weight excluding hydrogens is 237 g/mol. The van der Waals surface area contributed by atoms with Gasteiger partial charge in [-0.25, -0.2) is 22.3 Å². The Morgan fingerprint density at radius 2 is 2.06 bits per heavy atom. The number of urea groups is 1. The number of amides is 2. The van der Waals surface area contributed by atoms with Crippen LogP contribution in [0.3, 0.4) is 0 Å². The molecule has 1 aromatic rings. The molecule has 0 saturated heterocycles. The lowest BCUT2D eigenvalue weighted by atomic mass is 10.3. The molecule has 0 saturated carbocycles. The van der Waals surface area contributed by atoms with Crippen LogP contribution in [0.4, 0.5) is 14.9 Å². The van der Waals surface area contributed by atoms with E-state index in [0.29, 0.717) is 0 Å². The molecule has 4 N–H and O–H groups in total. The number of rotatable bonds is 2. The average Bonchev–Trinajstić information content (AvgIpc) is 2.16. The van der Waals surface area contributed by atoms with E-state index in [1.807, 2.05) is 5.32 Å². The van der Waals surface area contributed by atoms with Crippen LogP contribution in [0.2, 0.25) is 0 Å². The summed E-state index contributed by atoms with van der Waals surface area (Å²) < 4.78 is 37.9. The molecule has 1 rings (SSSR count). The summed E-state index contributed by atoms with van der Waals surface area (Å²) in [6.07, 6.45) is 0. The Hall–Kier alpha value is -1.83. The van der Waals surface area contributed by atoms with Crippen LogP contribution in [-0.4, -0.2) is 21.5 Å². The number of nitrogens with one attached hydrogen (secondary N) is 2. The van der Waals surface area contributed by atoms with Gasteiger partial charge >= 0.3 is 6.03 Å². The van der Waals surface area contributed by atoms with Crippen molar-refractivity contribution in [2.24, 2.45) is 0 Å². The molecule has 0 fully saturated rings. The highest BCUT2D eigenvalue weighted by Crippen LogP contribution is 2.16. The number of halogens is 1. The van der Waals surface area contributed by atoms with Crippen LogP contribution in [0.25, 0.3) is 0 Å². The van der Waals surface area contributed by atoms with Crippen molar-refractivity contribution < 1.29 is 17.6 Å². The molecule has 0 aromatic heterocycles. The third-order valence-electron chi connectivity index (χ3n) is 1.70. The highest BCUT2D eigenvalue weighted by Gasteiger charge is 2.20. The van der Waals surface area contributed by atoms with Crippen LogP contribution < -0.4 is 15.8 Å². The fourth-order valence-corrected chi connectivity index (χ4v) is 1.98. The molecule has 0 heterocycles. The maximum atomic E-state index is 13.3. The predicted molar refractivity (Wildman–Crippen MR) is 55.6 cm³/mol. The van der Waals surface area contributed by atoms with Gasteiger partial charge in [0.25, 0.3) is 10.0 Å². The Bertz CT molecular complexity index is 515. The fourth-order valence-electron chi connectivity index (χ4n) is 0.963. The van der Waals surface area contributed by atoms with Gasteiger partial charge in [-0.2, -0.15) is 0 Å². The quantitative estimate of drug-likeness (QED) is 0.641. The van der Waals surface area contributed by atoms with Crippen molar-refractivity contribution in [2.75, 3.05) is 12.8 Å². The van der Waals surface area contributed by atoms with Gasteiger partial charge in [0, 0.05) is 12.7 Å². The molecule has 8 heteroatoms. The van der Waals surface area contributed by atoms with Crippen LogP contribution in [0.5, 0.6) is 0 Å². The normalized spacial score (nSPS) is 10.9. The zero-order valence-corrected chi connectivity index (χ0v) is 9.14. The highest BCUT2D eigenvalue weighted by molar-refractivity contribution is 7.90. The number of hydrogen-bond donors (Lipinski definition) is 3. The first-order chi connectivity index (χ1) is 7.36. The molecule has 16 heavy (non-hydrogen) atoms. The molecule has 0 aliphatic rings. The minimum Gasteiger partial charge on any atom is -0.399 e. The summed E-state index contributed by atoms with van der Waals surface area (Å²) in [5.74, 6) is -1.02. The second-order valence-corrected chi connectivity index (χ2v) is 4.53.